The molecule has 0 aliphatic carbocycles. The lowest BCUT2D eigenvalue weighted by Gasteiger charge is -1.94. The predicted molar refractivity (Wildman–Crippen MR) is 45.2 cm³/mol. The first kappa shape index (κ1) is 17.8. The second-order valence-corrected chi connectivity index (χ2v) is 3.96. The lowest BCUT2D eigenvalue weighted by Crippen LogP contribution is -3.00. The molecule has 0 spiro atoms. The van der Waals surface area contributed by atoms with E-state index in [9.17, 15) is 0 Å². The largest absolute Gasteiger partial charge is 1.00 e. The van der Waals surface area contributed by atoms with Gasteiger partial charge < -0.3 is 24.8 Å². The van der Waals surface area contributed by atoms with Crippen LogP contribution in [-0.2, 0) is 0 Å². The highest BCUT2D eigenvalue weighted by Gasteiger charge is 1.87. The maximum absolute atomic E-state index is 2.27. The van der Waals surface area contributed by atoms with E-state index in [1.54, 1.807) is 0 Å². The molecular weight excluding hydrogens is 195 g/mol. The molecule has 3 heteroatoms. The van der Waals surface area contributed by atoms with Gasteiger partial charge in [-0.15, -0.1) is 0 Å². The maximum Gasteiger partial charge on any atom is 0.0377 e. The highest BCUT2D eigenvalue weighted by molar-refractivity contribution is 6.35. The summed E-state index contributed by atoms with van der Waals surface area (Å²) in [6, 6.07) is 2.97. The Morgan fingerprint density at radius 2 is 1.18 bits per heavy atom. The van der Waals surface area contributed by atoms with Crippen molar-refractivity contribution >= 4 is 9.52 Å². The lowest BCUT2D eigenvalue weighted by atomic mass is 10.4. The fraction of sp³-hybridized carbons (Fsp3) is 1.00. The summed E-state index contributed by atoms with van der Waals surface area (Å²) in [6.07, 6.45) is 5.64. The summed E-state index contributed by atoms with van der Waals surface area (Å²) >= 11 is 0. The second-order valence-electron chi connectivity index (χ2n) is 2.46. The molecule has 0 rings (SSSR count). The van der Waals surface area contributed by atoms with E-state index < -0.39 is 0 Å². The van der Waals surface area contributed by atoms with Crippen molar-refractivity contribution in [2.45, 2.75) is 51.6 Å². The Balaban J connectivity index is -0.000000320. The van der Waals surface area contributed by atoms with Crippen LogP contribution in [0.2, 0.25) is 12.1 Å². The van der Waals surface area contributed by atoms with Crippen LogP contribution in [0.5, 0.6) is 0 Å². The van der Waals surface area contributed by atoms with Crippen LogP contribution in [0.15, 0.2) is 0 Å². The van der Waals surface area contributed by atoms with Gasteiger partial charge in [-0.25, -0.2) is 0 Å². The van der Waals surface area contributed by atoms with Crippen molar-refractivity contribution < 1.29 is 24.8 Å². The standard InChI is InChI=1S/C8H18Si.2ClH/c1-3-5-7-9-8-6-4-2;;/h3-8H2,1-2H3;2*1H/p-2. The van der Waals surface area contributed by atoms with E-state index in [2.05, 4.69) is 13.8 Å². The molecule has 0 unspecified atom stereocenters. The zero-order valence-corrected chi connectivity index (χ0v) is 10.0. The first-order valence-corrected chi connectivity index (χ1v) is 5.54. The third kappa shape index (κ3) is 18.1. The molecule has 0 saturated carbocycles. The minimum absolute atomic E-state index is 0. The van der Waals surface area contributed by atoms with Crippen molar-refractivity contribution in [3.63, 3.8) is 0 Å². The molecule has 11 heavy (non-hydrogen) atoms. The van der Waals surface area contributed by atoms with Gasteiger partial charge in [-0.3, -0.25) is 0 Å². The normalized spacial score (nSPS) is 8.18. The van der Waals surface area contributed by atoms with E-state index >= 15 is 0 Å². The summed E-state index contributed by atoms with van der Waals surface area (Å²) in [5.41, 5.74) is 0. The number of rotatable bonds is 6. The Hall–Kier alpha value is 0.797. The van der Waals surface area contributed by atoms with Gasteiger partial charge in [0, 0.05) is 9.52 Å². The van der Waals surface area contributed by atoms with Crippen LogP contribution < -0.4 is 24.8 Å². The highest BCUT2D eigenvalue weighted by Crippen LogP contribution is 1.99. The molecule has 0 aromatic heterocycles. The van der Waals surface area contributed by atoms with Crippen LogP contribution in [0.4, 0.5) is 0 Å². The summed E-state index contributed by atoms with van der Waals surface area (Å²) in [5.74, 6) is 0. The predicted octanol–water partition coefficient (Wildman–Crippen LogP) is -2.86. The molecule has 0 nitrogen and oxygen atoms in total. The quantitative estimate of drug-likeness (QED) is 0.329. The zero-order valence-electron chi connectivity index (χ0n) is 7.50. The maximum atomic E-state index is 2.27. The smallest absolute Gasteiger partial charge is 0.0377 e. The van der Waals surface area contributed by atoms with Gasteiger partial charge in [-0.05, 0) is 0 Å². The summed E-state index contributed by atoms with van der Waals surface area (Å²) in [7, 11) is 1.25. The van der Waals surface area contributed by atoms with E-state index in [1.165, 1.54) is 47.3 Å². The van der Waals surface area contributed by atoms with Gasteiger partial charge in [0.15, 0.2) is 0 Å². The average Bonchev–Trinajstić information content (AvgIpc) is 1.89. The third-order valence-corrected chi connectivity index (χ3v) is 2.83. The Morgan fingerprint density at radius 3 is 1.45 bits per heavy atom. The summed E-state index contributed by atoms with van der Waals surface area (Å²) in [6.45, 7) is 4.54. The molecule has 0 aromatic rings. The fourth-order valence-corrected chi connectivity index (χ4v) is 2.19. The van der Waals surface area contributed by atoms with Gasteiger partial charge in [0.2, 0.25) is 0 Å². The molecule has 0 saturated heterocycles. The van der Waals surface area contributed by atoms with E-state index in [-0.39, 0.29) is 24.8 Å². The van der Waals surface area contributed by atoms with Crippen LogP contribution in [0.1, 0.15) is 39.5 Å². The summed E-state index contributed by atoms with van der Waals surface area (Å²) in [5, 5.41) is 0. The monoisotopic (exact) mass is 212 g/mol. The topological polar surface area (TPSA) is 0 Å². The first-order valence-electron chi connectivity index (χ1n) is 4.12. The second kappa shape index (κ2) is 17.0. The van der Waals surface area contributed by atoms with Crippen LogP contribution >= 0.6 is 0 Å². The minimum atomic E-state index is 0. The van der Waals surface area contributed by atoms with Gasteiger partial charge in [-0.1, -0.05) is 51.6 Å². The molecule has 0 aromatic carbocycles. The minimum Gasteiger partial charge on any atom is -1.00 e. The van der Waals surface area contributed by atoms with Crippen molar-refractivity contribution in [1.29, 1.82) is 0 Å². The van der Waals surface area contributed by atoms with Crippen molar-refractivity contribution in [2.24, 2.45) is 0 Å². The van der Waals surface area contributed by atoms with E-state index in [1.807, 2.05) is 0 Å². The first-order chi connectivity index (χ1) is 4.41. The van der Waals surface area contributed by atoms with Gasteiger partial charge in [0.05, 0.1) is 0 Å². The molecule has 0 amide bonds. The molecule has 0 aliphatic heterocycles. The number of halogens is 2. The molecule has 0 bridgehead atoms. The summed E-state index contributed by atoms with van der Waals surface area (Å²) in [4.78, 5) is 0. The number of hydrogen-bond donors (Lipinski definition) is 0. The number of unbranched alkanes of at least 4 members (excludes halogenated alkanes) is 2. The van der Waals surface area contributed by atoms with E-state index in [0.29, 0.717) is 0 Å². The lowest BCUT2D eigenvalue weighted by molar-refractivity contribution is -0.00100. The number of hydrogen-bond acceptors (Lipinski definition) is 0. The molecule has 0 N–H and O–H groups in total. The van der Waals surface area contributed by atoms with E-state index in [0.717, 1.165) is 0 Å². The molecule has 0 fully saturated rings. The van der Waals surface area contributed by atoms with Gasteiger partial charge >= 0.3 is 0 Å². The van der Waals surface area contributed by atoms with Crippen LogP contribution in [0.3, 0.4) is 0 Å². The molecule has 0 heterocycles. The zero-order chi connectivity index (χ0) is 6.95. The van der Waals surface area contributed by atoms with E-state index in [4.69, 9.17) is 0 Å². The molecule has 2 radical (unpaired) electrons. The van der Waals surface area contributed by atoms with Crippen LogP contribution in [0.25, 0.3) is 0 Å². The average molecular weight is 213 g/mol. The Kier molecular flexibility index (Phi) is 27.5. The molecule has 0 atom stereocenters. The molecule has 70 valence electrons. The fourth-order valence-electron chi connectivity index (χ4n) is 0.729. The van der Waals surface area contributed by atoms with Gasteiger partial charge in [0.1, 0.15) is 0 Å². The summed E-state index contributed by atoms with van der Waals surface area (Å²) < 4.78 is 0. The van der Waals surface area contributed by atoms with Crippen molar-refractivity contribution in [3.05, 3.63) is 0 Å². The van der Waals surface area contributed by atoms with Crippen molar-refractivity contribution in [1.82, 2.24) is 0 Å². The SMILES string of the molecule is CCCC[Si]CCCC.[Cl-].[Cl-]. The van der Waals surface area contributed by atoms with Crippen LogP contribution in [-0.4, -0.2) is 9.52 Å². The molecular formula is C8H18Cl2Si-2. The Bertz CT molecular complexity index is 45.4. The van der Waals surface area contributed by atoms with Gasteiger partial charge in [-0.2, -0.15) is 0 Å². The van der Waals surface area contributed by atoms with Crippen molar-refractivity contribution in [3.8, 4) is 0 Å². The third-order valence-electron chi connectivity index (χ3n) is 1.41. The highest BCUT2D eigenvalue weighted by atomic mass is 35.5. The Morgan fingerprint density at radius 1 is 0.818 bits per heavy atom. The Labute approximate surface area is 86.2 Å². The van der Waals surface area contributed by atoms with Crippen molar-refractivity contribution in [2.75, 3.05) is 0 Å². The van der Waals surface area contributed by atoms with Crippen LogP contribution in [0, 0.1) is 0 Å². The van der Waals surface area contributed by atoms with Gasteiger partial charge in [0.25, 0.3) is 0 Å². The molecule has 0 aliphatic rings.